The Balaban J connectivity index is 2.07. The molecule has 88 valence electrons. The fraction of sp³-hybridized carbons (Fsp3) is 0.917. The number of rotatable bonds is 5. The van der Waals surface area contributed by atoms with Crippen molar-refractivity contribution in [1.29, 1.82) is 0 Å². The van der Waals surface area contributed by atoms with Gasteiger partial charge in [0.05, 0.1) is 0 Å². The van der Waals surface area contributed by atoms with Gasteiger partial charge < -0.3 is 10.0 Å². The predicted octanol–water partition coefficient (Wildman–Crippen LogP) is 2.36. The van der Waals surface area contributed by atoms with E-state index in [4.69, 9.17) is 5.11 Å². The van der Waals surface area contributed by atoms with Crippen LogP contribution in [0.15, 0.2) is 0 Å². The Morgan fingerprint density at radius 3 is 2.87 bits per heavy atom. The molecule has 0 amide bonds. The summed E-state index contributed by atoms with van der Waals surface area (Å²) in [7, 11) is 0. The van der Waals surface area contributed by atoms with Gasteiger partial charge in [-0.05, 0) is 57.7 Å². The quantitative estimate of drug-likeness (QED) is 0.713. The lowest BCUT2D eigenvalue weighted by atomic mass is 10.0. The molecule has 1 rings (SSSR count). The summed E-state index contributed by atoms with van der Waals surface area (Å²) in [5.41, 5.74) is 0. The Kier molecular flexibility index (Phi) is 5.69. The van der Waals surface area contributed by atoms with E-state index < -0.39 is 5.97 Å². The lowest BCUT2D eigenvalue weighted by Gasteiger charge is -2.19. The molecule has 3 nitrogen and oxygen atoms in total. The Hall–Kier alpha value is -0.570. The number of carbonyl (C=O) groups is 1. The van der Waals surface area contributed by atoms with Crippen LogP contribution in [0.2, 0.25) is 0 Å². The van der Waals surface area contributed by atoms with E-state index >= 15 is 0 Å². The second kappa shape index (κ2) is 6.83. The van der Waals surface area contributed by atoms with Crippen LogP contribution >= 0.6 is 0 Å². The SMILES string of the molecule is CC1CCCN(CCCCC(=O)O)CC1. The van der Waals surface area contributed by atoms with Gasteiger partial charge >= 0.3 is 5.97 Å². The van der Waals surface area contributed by atoms with Crippen molar-refractivity contribution in [3.05, 3.63) is 0 Å². The van der Waals surface area contributed by atoms with Crippen molar-refractivity contribution in [2.24, 2.45) is 5.92 Å². The molecule has 1 N–H and O–H groups in total. The molecule has 15 heavy (non-hydrogen) atoms. The molecular weight excluding hydrogens is 190 g/mol. The van der Waals surface area contributed by atoms with Crippen molar-refractivity contribution in [2.75, 3.05) is 19.6 Å². The number of hydrogen-bond acceptors (Lipinski definition) is 2. The van der Waals surface area contributed by atoms with Crippen LogP contribution in [0.1, 0.15) is 45.4 Å². The van der Waals surface area contributed by atoms with E-state index in [1.54, 1.807) is 0 Å². The summed E-state index contributed by atoms with van der Waals surface area (Å²) < 4.78 is 0. The number of aliphatic carboxylic acids is 1. The minimum absolute atomic E-state index is 0.324. The second-order valence-corrected chi connectivity index (χ2v) is 4.73. The van der Waals surface area contributed by atoms with E-state index in [1.165, 1.54) is 32.4 Å². The summed E-state index contributed by atoms with van der Waals surface area (Å²) in [4.78, 5) is 12.8. The van der Waals surface area contributed by atoms with E-state index in [0.717, 1.165) is 25.3 Å². The summed E-state index contributed by atoms with van der Waals surface area (Å²) in [5.74, 6) is 0.202. The molecule has 1 fully saturated rings. The molecule has 1 saturated heterocycles. The molecule has 0 saturated carbocycles. The Morgan fingerprint density at radius 2 is 2.13 bits per heavy atom. The van der Waals surface area contributed by atoms with Crippen molar-refractivity contribution in [3.63, 3.8) is 0 Å². The van der Waals surface area contributed by atoms with E-state index in [1.807, 2.05) is 0 Å². The van der Waals surface area contributed by atoms with Crippen molar-refractivity contribution >= 4 is 5.97 Å². The van der Waals surface area contributed by atoms with Gasteiger partial charge in [0.15, 0.2) is 0 Å². The summed E-state index contributed by atoms with van der Waals surface area (Å²) >= 11 is 0. The number of carboxylic acid groups (broad SMARTS) is 1. The minimum Gasteiger partial charge on any atom is -0.481 e. The van der Waals surface area contributed by atoms with Gasteiger partial charge in [0, 0.05) is 6.42 Å². The molecule has 0 bridgehead atoms. The highest BCUT2D eigenvalue weighted by molar-refractivity contribution is 5.66. The number of likely N-dealkylation sites (tertiary alicyclic amines) is 1. The summed E-state index contributed by atoms with van der Waals surface area (Å²) in [6, 6.07) is 0. The lowest BCUT2D eigenvalue weighted by molar-refractivity contribution is -0.137. The number of unbranched alkanes of at least 4 members (excludes halogenated alkanes) is 1. The third kappa shape index (κ3) is 5.78. The number of hydrogen-bond donors (Lipinski definition) is 1. The third-order valence-corrected chi connectivity index (χ3v) is 3.22. The zero-order chi connectivity index (χ0) is 11.1. The molecule has 0 radical (unpaired) electrons. The molecule has 1 aliphatic rings. The lowest BCUT2D eigenvalue weighted by Crippen LogP contribution is -2.26. The standard InChI is InChI=1S/C12H23NO2/c1-11-5-4-9-13(10-7-11)8-3-2-6-12(14)15/h11H,2-10H2,1H3,(H,14,15). The van der Waals surface area contributed by atoms with Crippen molar-refractivity contribution in [3.8, 4) is 0 Å². The van der Waals surface area contributed by atoms with Crippen molar-refractivity contribution in [1.82, 2.24) is 4.90 Å². The molecule has 1 unspecified atom stereocenters. The van der Waals surface area contributed by atoms with E-state index in [2.05, 4.69) is 11.8 Å². The maximum absolute atomic E-state index is 10.3. The molecule has 3 heteroatoms. The normalized spacial score (nSPS) is 23.7. The second-order valence-electron chi connectivity index (χ2n) is 4.73. The Morgan fingerprint density at radius 1 is 1.33 bits per heavy atom. The largest absolute Gasteiger partial charge is 0.481 e. The maximum atomic E-state index is 10.3. The first-order chi connectivity index (χ1) is 7.18. The van der Waals surface area contributed by atoms with Gasteiger partial charge in [0.1, 0.15) is 0 Å². The first-order valence-corrected chi connectivity index (χ1v) is 6.12. The van der Waals surface area contributed by atoms with Crippen LogP contribution < -0.4 is 0 Å². The molecule has 0 aromatic carbocycles. The molecule has 1 heterocycles. The summed E-state index contributed by atoms with van der Waals surface area (Å²) in [6.45, 7) is 5.82. The first kappa shape index (κ1) is 12.5. The monoisotopic (exact) mass is 213 g/mol. The highest BCUT2D eigenvalue weighted by Crippen LogP contribution is 2.16. The van der Waals surface area contributed by atoms with Crippen LogP contribution in [0.5, 0.6) is 0 Å². The van der Waals surface area contributed by atoms with Gasteiger partial charge in [-0.1, -0.05) is 6.92 Å². The summed E-state index contributed by atoms with van der Waals surface area (Å²) in [6.07, 6.45) is 6.14. The topological polar surface area (TPSA) is 40.5 Å². The average molecular weight is 213 g/mol. The molecule has 1 aliphatic heterocycles. The minimum atomic E-state index is -0.667. The van der Waals surface area contributed by atoms with Gasteiger partial charge in [-0.2, -0.15) is 0 Å². The Bertz CT molecular complexity index is 194. The Labute approximate surface area is 92.5 Å². The van der Waals surface area contributed by atoms with Crippen LogP contribution in [0, 0.1) is 5.92 Å². The van der Waals surface area contributed by atoms with Crippen LogP contribution in [0.25, 0.3) is 0 Å². The van der Waals surface area contributed by atoms with Crippen LogP contribution in [0.3, 0.4) is 0 Å². The van der Waals surface area contributed by atoms with Gasteiger partial charge in [-0.25, -0.2) is 0 Å². The molecular formula is C12H23NO2. The van der Waals surface area contributed by atoms with E-state index in [0.29, 0.717) is 6.42 Å². The highest BCUT2D eigenvalue weighted by Gasteiger charge is 2.12. The summed E-state index contributed by atoms with van der Waals surface area (Å²) in [5, 5.41) is 8.52. The van der Waals surface area contributed by atoms with Crippen LogP contribution in [0.4, 0.5) is 0 Å². The van der Waals surface area contributed by atoms with Crippen LogP contribution in [-0.2, 0) is 4.79 Å². The zero-order valence-electron chi connectivity index (χ0n) is 9.74. The number of carboxylic acids is 1. The van der Waals surface area contributed by atoms with Gasteiger partial charge in [0.25, 0.3) is 0 Å². The van der Waals surface area contributed by atoms with Gasteiger partial charge in [-0.3, -0.25) is 4.79 Å². The van der Waals surface area contributed by atoms with Gasteiger partial charge in [-0.15, -0.1) is 0 Å². The zero-order valence-corrected chi connectivity index (χ0v) is 9.74. The fourth-order valence-electron chi connectivity index (χ4n) is 2.16. The van der Waals surface area contributed by atoms with Crippen LogP contribution in [-0.4, -0.2) is 35.6 Å². The highest BCUT2D eigenvalue weighted by atomic mass is 16.4. The van der Waals surface area contributed by atoms with Crippen molar-refractivity contribution < 1.29 is 9.90 Å². The first-order valence-electron chi connectivity index (χ1n) is 6.12. The fourth-order valence-corrected chi connectivity index (χ4v) is 2.16. The number of nitrogens with zero attached hydrogens (tertiary/aromatic N) is 1. The predicted molar refractivity (Wildman–Crippen MR) is 60.9 cm³/mol. The molecule has 0 aromatic rings. The maximum Gasteiger partial charge on any atom is 0.303 e. The smallest absolute Gasteiger partial charge is 0.303 e. The van der Waals surface area contributed by atoms with E-state index in [-0.39, 0.29) is 0 Å². The molecule has 0 spiro atoms. The molecule has 0 aromatic heterocycles. The average Bonchev–Trinajstić information content (AvgIpc) is 2.38. The third-order valence-electron chi connectivity index (χ3n) is 3.22. The molecule has 0 aliphatic carbocycles. The van der Waals surface area contributed by atoms with E-state index in [9.17, 15) is 4.79 Å². The van der Waals surface area contributed by atoms with Crippen molar-refractivity contribution in [2.45, 2.75) is 45.4 Å². The van der Waals surface area contributed by atoms with Gasteiger partial charge in [0.2, 0.25) is 0 Å². The molecule has 1 atom stereocenters.